The summed E-state index contributed by atoms with van der Waals surface area (Å²) in [6.07, 6.45) is 0. The van der Waals surface area contributed by atoms with Crippen LogP contribution in [-0.4, -0.2) is 10.8 Å². The maximum atomic E-state index is 14.1. The van der Waals surface area contributed by atoms with Crippen LogP contribution < -0.4 is 5.73 Å². The molecule has 0 radical (unpaired) electrons. The SMILES string of the molecule is NCc1cccc2c1-c1ccccc1C2(O)C(F)(F)P. The normalized spacial score (nSPS) is 20.6. The molecule has 20 heavy (non-hydrogen) atoms. The lowest BCUT2D eigenvalue weighted by molar-refractivity contribution is -0.0964. The Balaban J connectivity index is 2.43. The van der Waals surface area contributed by atoms with Gasteiger partial charge in [-0.05, 0) is 16.7 Å². The predicted molar refractivity (Wildman–Crippen MR) is 77.4 cm³/mol. The number of fused-ring (bicyclic) bond motifs is 3. The first kappa shape index (κ1) is 13.6. The van der Waals surface area contributed by atoms with Gasteiger partial charge in [-0.15, -0.1) is 0 Å². The van der Waals surface area contributed by atoms with Gasteiger partial charge in [0.2, 0.25) is 0 Å². The summed E-state index contributed by atoms with van der Waals surface area (Å²) in [4.78, 5) is 0. The number of alkyl halides is 2. The van der Waals surface area contributed by atoms with Gasteiger partial charge in [-0.2, -0.15) is 8.78 Å². The fraction of sp³-hybridized carbons (Fsp3) is 0.200. The Morgan fingerprint density at radius 2 is 1.75 bits per heavy atom. The van der Waals surface area contributed by atoms with Crippen molar-refractivity contribution in [2.24, 2.45) is 5.73 Å². The minimum absolute atomic E-state index is 0.210. The van der Waals surface area contributed by atoms with Gasteiger partial charge in [0.1, 0.15) is 0 Å². The maximum absolute atomic E-state index is 14.1. The number of aliphatic hydroxyl groups is 1. The first-order valence-corrected chi connectivity index (χ1v) is 6.80. The van der Waals surface area contributed by atoms with Crippen molar-refractivity contribution >= 4 is 9.24 Å². The van der Waals surface area contributed by atoms with Crippen molar-refractivity contribution < 1.29 is 13.9 Å². The first-order chi connectivity index (χ1) is 9.41. The van der Waals surface area contributed by atoms with Gasteiger partial charge in [0.05, 0.1) is 0 Å². The van der Waals surface area contributed by atoms with Crippen LogP contribution in [0.1, 0.15) is 16.7 Å². The van der Waals surface area contributed by atoms with Crippen LogP contribution >= 0.6 is 9.24 Å². The molecular formula is C15H14F2NOP. The average Bonchev–Trinajstić information content (AvgIpc) is 2.70. The Bertz CT molecular complexity index is 684. The monoisotopic (exact) mass is 293 g/mol. The predicted octanol–water partition coefficient (Wildman–Crippen LogP) is 2.83. The molecule has 1 aliphatic rings. The molecule has 0 heterocycles. The average molecular weight is 293 g/mol. The Morgan fingerprint density at radius 3 is 2.40 bits per heavy atom. The highest BCUT2D eigenvalue weighted by Gasteiger charge is 2.57. The van der Waals surface area contributed by atoms with E-state index in [-0.39, 0.29) is 17.7 Å². The lowest BCUT2D eigenvalue weighted by Crippen LogP contribution is -2.40. The molecule has 0 spiro atoms. The third-order valence-electron chi connectivity index (χ3n) is 3.83. The number of benzene rings is 2. The van der Waals surface area contributed by atoms with E-state index in [0.717, 1.165) is 5.56 Å². The zero-order chi connectivity index (χ0) is 14.5. The zero-order valence-electron chi connectivity index (χ0n) is 10.6. The Hall–Kier alpha value is -1.35. The van der Waals surface area contributed by atoms with Gasteiger partial charge in [0.15, 0.2) is 5.60 Å². The highest BCUT2D eigenvalue weighted by molar-refractivity contribution is 7.18. The second-order valence-corrected chi connectivity index (χ2v) is 5.65. The summed E-state index contributed by atoms with van der Waals surface area (Å²) in [6, 6.07) is 11.7. The van der Waals surface area contributed by atoms with Crippen LogP contribution in [0.3, 0.4) is 0 Å². The lowest BCUT2D eigenvalue weighted by atomic mass is 9.91. The van der Waals surface area contributed by atoms with Crippen molar-refractivity contribution in [2.45, 2.75) is 17.8 Å². The van der Waals surface area contributed by atoms with E-state index in [1.165, 1.54) is 21.4 Å². The molecule has 0 bridgehead atoms. The van der Waals surface area contributed by atoms with E-state index in [2.05, 4.69) is 0 Å². The summed E-state index contributed by atoms with van der Waals surface area (Å²) in [5, 5.41) is 10.7. The summed E-state index contributed by atoms with van der Waals surface area (Å²) in [6.45, 7) is 0.232. The van der Waals surface area contributed by atoms with E-state index in [9.17, 15) is 13.9 Å². The maximum Gasteiger partial charge on any atom is 0.295 e. The summed E-state index contributed by atoms with van der Waals surface area (Å²) >= 11 is 0. The number of rotatable bonds is 2. The molecule has 5 heteroatoms. The van der Waals surface area contributed by atoms with Gasteiger partial charge in [0.25, 0.3) is 5.66 Å². The van der Waals surface area contributed by atoms with Crippen molar-refractivity contribution in [1.29, 1.82) is 0 Å². The molecule has 3 rings (SSSR count). The quantitative estimate of drug-likeness (QED) is 0.836. The Labute approximate surface area is 117 Å². The van der Waals surface area contributed by atoms with Crippen LogP contribution in [0.25, 0.3) is 11.1 Å². The third-order valence-corrected chi connectivity index (χ3v) is 4.25. The van der Waals surface area contributed by atoms with Crippen LogP contribution in [0.2, 0.25) is 0 Å². The molecule has 104 valence electrons. The van der Waals surface area contributed by atoms with Crippen molar-refractivity contribution in [3.05, 3.63) is 59.2 Å². The second-order valence-electron chi connectivity index (χ2n) is 4.92. The van der Waals surface area contributed by atoms with Crippen molar-refractivity contribution in [3.63, 3.8) is 0 Å². The van der Waals surface area contributed by atoms with E-state index < -0.39 is 11.3 Å². The molecular weight excluding hydrogens is 279 g/mol. The Morgan fingerprint density at radius 1 is 1.10 bits per heavy atom. The molecule has 2 aromatic rings. The van der Waals surface area contributed by atoms with Crippen LogP contribution in [-0.2, 0) is 12.1 Å². The standard InChI is InChI=1S/C15H14F2NOP/c16-15(17,20)14(19)11-6-2-1-5-10(11)13-9(8-18)4-3-7-12(13)14/h1-7,19H,8,18,20H2. The van der Waals surface area contributed by atoms with Gasteiger partial charge in [-0.1, -0.05) is 51.7 Å². The van der Waals surface area contributed by atoms with Gasteiger partial charge in [-0.3, -0.25) is 0 Å². The zero-order valence-corrected chi connectivity index (χ0v) is 11.8. The Kier molecular flexibility index (Phi) is 2.94. The topological polar surface area (TPSA) is 46.2 Å². The van der Waals surface area contributed by atoms with Crippen LogP contribution in [0.4, 0.5) is 8.78 Å². The number of hydrogen-bond acceptors (Lipinski definition) is 2. The molecule has 2 aromatic carbocycles. The van der Waals surface area contributed by atoms with Gasteiger partial charge >= 0.3 is 0 Å². The number of hydrogen-bond donors (Lipinski definition) is 2. The fourth-order valence-electron chi connectivity index (χ4n) is 2.91. The number of nitrogens with two attached hydrogens (primary N) is 1. The van der Waals surface area contributed by atoms with E-state index in [1.807, 2.05) is 0 Å². The number of halogens is 2. The van der Waals surface area contributed by atoms with Crippen molar-refractivity contribution in [2.75, 3.05) is 0 Å². The van der Waals surface area contributed by atoms with Gasteiger partial charge < -0.3 is 10.8 Å². The van der Waals surface area contributed by atoms with Crippen molar-refractivity contribution in [1.82, 2.24) is 0 Å². The molecule has 1 aliphatic carbocycles. The van der Waals surface area contributed by atoms with E-state index in [1.54, 1.807) is 30.3 Å². The summed E-state index contributed by atoms with van der Waals surface area (Å²) in [7, 11) is 1.45. The fourth-order valence-corrected chi connectivity index (χ4v) is 3.22. The lowest BCUT2D eigenvalue weighted by Gasteiger charge is -2.31. The van der Waals surface area contributed by atoms with Crippen LogP contribution in [0.5, 0.6) is 0 Å². The molecule has 0 fully saturated rings. The molecule has 2 atom stereocenters. The highest BCUT2D eigenvalue weighted by atomic mass is 31.0. The third kappa shape index (κ3) is 1.59. The van der Waals surface area contributed by atoms with E-state index in [4.69, 9.17) is 5.73 Å². The minimum atomic E-state index is -3.37. The van der Waals surface area contributed by atoms with E-state index >= 15 is 0 Å². The second kappa shape index (κ2) is 4.32. The largest absolute Gasteiger partial charge is 0.374 e. The molecule has 2 nitrogen and oxygen atoms in total. The molecule has 0 amide bonds. The van der Waals surface area contributed by atoms with Gasteiger partial charge in [0, 0.05) is 17.7 Å². The van der Waals surface area contributed by atoms with Gasteiger partial charge in [-0.25, -0.2) is 0 Å². The smallest absolute Gasteiger partial charge is 0.295 e. The van der Waals surface area contributed by atoms with Crippen LogP contribution in [0.15, 0.2) is 42.5 Å². The first-order valence-electron chi connectivity index (χ1n) is 6.22. The molecule has 2 unspecified atom stereocenters. The summed E-state index contributed by atoms with van der Waals surface area (Å²) < 4.78 is 28.2. The van der Waals surface area contributed by atoms with Crippen molar-refractivity contribution in [3.8, 4) is 11.1 Å². The summed E-state index contributed by atoms with van der Waals surface area (Å²) in [5.41, 5.74) is 2.41. The minimum Gasteiger partial charge on any atom is -0.374 e. The molecule has 0 saturated carbocycles. The molecule has 0 aliphatic heterocycles. The van der Waals surface area contributed by atoms with Crippen LogP contribution in [0, 0.1) is 0 Å². The highest BCUT2D eigenvalue weighted by Crippen LogP contribution is 2.57. The summed E-state index contributed by atoms with van der Waals surface area (Å²) in [5.74, 6) is 0. The molecule has 3 N–H and O–H groups in total. The van der Waals surface area contributed by atoms with E-state index in [0.29, 0.717) is 11.1 Å². The molecule has 0 aromatic heterocycles. The molecule has 0 saturated heterocycles.